The van der Waals surface area contributed by atoms with Gasteiger partial charge in [-0.3, -0.25) is 4.79 Å². The number of methoxy groups -OCH3 is 1. The van der Waals surface area contributed by atoms with Crippen molar-refractivity contribution < 1.29 is 24.9 Å². The van der Waals surface area contributed by atoms with Crippen LogP contribution in [-0.4, -0.2) is 40.9 Å². The number of benzene rings is 1. The summed E-state index contributed by atoms with van der Waals surface area (Å²) < 4.78 is 5.08. The number of rotatable bonds is 6. The Morgan fingerprint density at radius 3 is 2.56 bits per heavy atom. The smallest absolute Gasteiger partial charge is 0.159 e. The van der Waals surface area contributed by atoms with Crippen molar-refractivity contribution in [2.24, 2.45) is 0 Å². The number of aliphatic hydroxyl groups is 3. The Morgan fingerprint density at radius 2 is 2.06 bits per heavy atom. The first kappa shape index (κ1) is 14.6. The highest BCUT2D eigenvalue weighted by molar-refractivity contribution is 5.94. The molecular weight excluding hydrogens is 236 g/mol. The molecule has 0 bridgehead atoms. The molecule has 0 aliphatic carbocycles. The third-order valence-corrected chi connectivity index (χ3v) is 2.74. The van der Waals surface area contributed by atoms with Crippen LogP contribution in [0.3, 0.4) is 0 Å². The SMILES string of the molecule is COc1ccc(C(C)=O)cc1C(O)C(O)CCO. The summed E-state index contributed by atoms with van der Waals surface area (Å²) >= 11 is 0. The van der Waals surface area contributed by atoms with Crippen LogP contribution in [0.1, 0.15) is 35.4 Å². The van der Waals surface area contributed by atoms with Crippen LogP contribution < -0.4 is 4.74 Å². The molecule has 3 N–H and O–H groups in total. The van der Waals surface area contributed by atoms with Crippen LogP contribution in [0.2, 0.25) is 0 Å². The highest BCUT2D eigenvalue weighted by Crippen LogP contribution is 2.29. The summed E-state index contributed by atoms with van der Waals surface area (Å²) in [5.74, 6) is 0.257. The van der Waals surface area contributed by atoms with Crippen molar-refractivity contribution in [1.82, 2.24) is 0 Å². The fourth-order valence-corrected chi connectivity index (χ4v) is 1.68. The van der Waals surface area contributed by atoms with E-state index in [2.05, 4.69) is 0 Å². The van der Waals surface area contributed by atoms with Crippen molar-refractivity contribution in [3.63, 3.8) is 0 Å². The molecule has 18 heavy (non-hydrogen) atoms. The van der Waals surface area contributed by atoms with Crippen LogP contribution >= 0.6 is 0 Å². The molecule has 5 nitrogen and oxygen atoms in total. The van der Waals surface area contributed by atoms with E-state index < -0.39 is 12.2 Å². The van der Waals surface area contributed by atoms with Crippen LogP contribution in [0.15, 0.2) is 18.2 Å². The Hall–Kier alpha value is -1.43. The second-order valence-electron chi connectivity index (χ2n) is 4.04. The van der Waals surface area contributed by atoms with Gasteiger partial charge in [0.15, 0.2) is 5.78 Å². The molecule has 0 saturated carbocycles. The number of carbonyl (C=O) groups is 1. The Kier molecular flexibility index (Phi) is 5.27. The zero-order valence-electron chi connectivity index (χ0n) is 10.5. The number of ketones is 1. The minimum atomic E-state index is -1.20. The molecule has 0 fully saturated rings. The van der Waals surface area contributed by atoms with E-state index in [9.17, 15) is 15.0 Å². The molecule has 5 heteroatoms. The molecule has 0 radical (unpaired) electrons. The molecule has 2 unspecified atom stereocenters. The molecular formula is C13H18O5. The summed E-state index contributed by atoms with van der Waals surface area (Å²) in [4.78, 5) is 11.3. The predicted octanol–water partition coefficient (Wildman–Crippen LogP) is 0.674. The van der Waals surface area contributed by atoms with Crippen molar-refractivity contribution in [3.05, 3.63) is 29.3 Å². The lowest BCUT2D eigenvalue weighted by molar-refractivity contribution is 0.00301. The molecule has 100 valence electrons. The van der Waals surface area contributed by atoms with Gasteiger partial charge in [0.1, 0.15) is 11.9 Å². The van der Waals surface area contributed by atoms with E-state index in [1.165, 1.54) is 20.1 Å². The number of carbonyl (C=O) groups excluding carboxylic acids is 1. The fourth-order valence-electron chi connectivity index (χ4n) is 1.68. The number of hydrogen-bond donors (Lipinski definition) is 3. The van der Waals surface area contributed by atoms with Crippen molar-refractivity contribution in [2.45, 2.75) is 25.6 Å². The third kappa shape index (κ3) is 3.29. The van der Waals surface area contributed by atoms with Crippen LogP contribution in [0.25, 0.3) is 0 Å². The molecule has 0 spiro atoms. The minimum Gasteiger partial charge on any atom is -0.496 e. The maximum Gasteiger partial charge on any atom is 0.159 e. The average molecular weight is 254 g/mol. The largest absolute Gasteiger partial charge is 0.496 e. The normalized spacial score (nSPS) is 14.1. The first-order valence-electron chi connectivity index (χ1n) is 5.67. The van der Waals surface area contributed by atoms with Crippen molar-refractivity contribution in [2.75, 3.05) is 13.7 Å². The van der Waals surface area contributed by atoms with Gasteiger partial charge in [0.25, 0.3) is 0 Å². The summed E-state index contributed by atoms with van der Waals surface area (Å²) in [5, 5.41) is 28.4. The summed E-state index contributed by atoms with van der Waals surface area (Å²) in [6.45, 7) is 1.19. The monoisotopic (exact) mass is 254 g/mol. The number of ether oxygens (including phenoxy) is 1. The van der Waals surface area contributed by atoms with Crippen LogP contribution in [0, 0.1) is 0 Å². The topological polar surface area (TPSA) is 87.0 Å². The van der Waals surface area contributed by atoms with Crippen LogP contribution in [-0.2, 0) is 0 Å². The van der Waals surface area contributed by atoms with Gasteiger partial charge in [-0.05, 0) is 31.5 Å². The predicted molar refractivity (Wildman–Crippen MR) is 65.7 cm³/mol. The van der Waals surface area contributed by atoms with E-state index in [1.54, 1.807) is 12.1 Å². The molecule has 0 heterocycles. The van der Waals surface area contributed by atoms with Crippen molar-refractivity contribution in [3.8, 4) is 5.75 Å². The molecule has 0 aliphatic rings. The molecule has 1 rings (SSSR count). The third-order valence-electron chi connectivity index (χ3n) is 2.74. The molecule has 0 aliphatic heterocycles. The zero-order chi connectivity index (χ0) is 13.7. The maximum absolute atomic E-state index is 11.3. The van der Waals surface area contributed by atoms with E-state index in [0.29, 0.717) is 16.9 Å². The van der Waals surface area contributed by atoms with Gasteiger partial charge in [0, 0.05) is 17.7 Å². The number of Topliss-reactive ketones (excluding diaryl/α,β-unsaturated/α-hetero) is 1. The second kappa shape index (κ2) is 6.49. The zero-order valence-corrected chi connectivity index (χ0v) is 10.5. The molecule has 1 aromatic carbocycles. The number of hydrogen-bond acceptors (Lipinski definition) is 5. The van der Waals surface area contributed by atoms with Crippen molar-refractivity contribution in [1.29, 1.82) is 0 Å². The van der Waals surface area contributed by atoms with Gasteiger partial charge >= 0.3 is 0 Å². The highest BCUT2D eigenvalue weighted by Gasteiger charge is 2.22. The van der Waals surface area contributed by atoms with E-state index >= 15 is 0 Å². The highest BCUT2D eigenvalue weighted by atomic mass is 16.5. The Morgan fingerprint density at radius 1 is 1.39 bits per heavy atom. The van der Waals surface area contributed by atoms with Gasteiger partial charge in [-0.2, -0.15) is 0 Å². The first-order chi connectivity index (χ1) is 8.51. The molecule has 0 amide bonds. The van der Waals surface area contributed by atoms with Gasteiger partial charge < -0.3 is 20.1 Å². The van der Waals surface area contributed by atoms with E-state index in [0.717, 1.165) is 0 Å². The summed E-state index contributed by atoms with van der Waals surface area (Å²) in [5.41, 5.74) is 0.771. The minimum absolute atomic E-state index is 0.0502. The molecule has 0 saturated heterocycles. The quantitative estimate of drug-likeness (QED) is 0.650. The standard InChI is InChI=1S/C13H18O5/c1-8(15)9-3-4-12(18-2)10(7-9)13(17)11(16)5-6-14/h3-4,7,11,13-14,16-17H,5-6H2,1-2H3. The lowest BCUT2D eigenvalue weighted by Gasteiger charge is -2.20. The Labute approximate surface area is 106 Å². The van der Waals surface area contributed by atoms with E-state index in [-0.39, 0.29) is 18.8 Å². The van der Waals surface area contributed by atoms with Crippen molar-refractivity contribution >= 4 is 5.78 Å². The van der Waals surface area contributed by atoms with E-state index in [4.69, 9.17) is 9.84 Å². The summed E-state index contributed by atoms with van der Waals surface area (Å²) in [7, 11) is 1.44. The summed E-state index contributed by atoms with van der Waals surface area (Å²) in [6, 6.07) is 4.66. The van der Waals surface area contributed by atoms with E-state index in [1.807, 2.05) is 0 Å². The molecule has 1 aromatic rings. The van der Waals surface area contributed by atoms with Gasteiger partial charge in [0.2, 0.25) is 0 Å². The first-order valence-corrected chi connectivity index (χ1v) is 5.67. The Balaban J connectivity index is 3.10. The van der Waals surface area contributed by atoms with Gasteiger partial charge in [0.05, 0.1) is 13.2 Å². The summed E-state index contributed by atoms with van der Waals surface area (Å²) in [6.07, 6.45) is -2.26. The molecule has 0 aromatic heterocycles. The fraction of sp³-hybridized carbons (Fsp3) is 0.462. The van der Waals surface area contributed by atoms with Crippen LogP contribution in [0.5, 0.6) is 5.75 Å². The lowest BCUT2D eigenvalue weighted by atomic mass is 9.98. The van der Waals surface area contributed by atoms with Crippen LogP contribution in [0.4, 0.5) is 0 Å². The number of aliphatic hydroxyl groups excluding tert-OH is 3. The lowest BCUT2D eigenvalue weighted by Crippen LogP contribution is -2.20. The van der Waals surface area contributed by atoms with Gasteiger partial charge in [-0.1, -0.05) is 0 Å². The van der Waals surface area contributed by atoms with Gasteiger partial charge in [-0.15, -0.1) is 0 Å². The second-order valence-corrected chi connectivity index (χ2v) is 4.04. The Bertz CT molecular complexity index is 416. The molecule has 2 atom stereocenters. The maximum atomic E-state index is 11.3. The van der Waals surface area contributed by atoms with Gasteiger partial charge in [-0.25, -0.2) is 0 Å². The average Bonchev–Trinajstić information content (AvgIpc) is 2.37.